The molecule has 3 nitrogen and oxygen atoms in total. The number of hydrazone groups is 1. The summed E-state index contributed by atoms with van der Waals surface area (Å²) in [6, 6.07) is 17.1. The number of fused-ring (bicyclic) bond motifs is 1. The molecule has 1 heterocycles. The van der Waals surface area contributed by atoms with Crippen molar-refractivity contribution in [2.75, 3.05) is 0 Å². The van der Waals surface area contributed by atoms with Crippen LogP contribution in [-0.2, 0) is 0 Å². The van der Waals surface area contributed by atoms with Gasteiger partial charge in [-0.3, -0.25) is 5.43 Å². The van der Waals surface area contributed by atoms with Gasteiger partial charge in [-0.15, -0.1) is 0 Å². The maximum absolute atomic E-state index is 3.80. The van der Waals surface area contributed by atoms with Crippen LogP contribution in [-0.4, -0.2) is 11.7 Å². The van der Waals surface area contributed by atoms with Crippen LogP contribution in [0.25, 0.3) is 23.1 Å². The fourth-order valence-electron chi connectivity index (χ4n) is 2.99. The van der Waals surface area contributed by atoms with Crippen LogP contribution in [0.1, 0.15) is 42.9 Å². The van der Waals surface area contributed by atoms with Crippen LogP contribution >= 0.6 is 0 Å². The second-order valence-electron chi connectivity index (χ2n) is 7.05. The molecule has 0 aliphatic carbocycles. The normalized spacial score (nSPS) is 12.5. The van der Waals surface area contributed by atoms with Crippen LogP contribution in [0, 0.1) is 0 Å². The molecule has 3 aromatic rings. The van der Waals surface area contributed by atoms with Gasteiger partial charge in [0, 0.05) is 18.4 Å². The molecule has 3 heteroatoms. The molecule has 0 atom stereocenters. The van der Waals surface area contributed by atoms with Gasteiger partial charge in [-0.25, -0.2) is 0 Å². The van der Waals surface area contributed by atoms with Crippen molar-refractivity contribution in [1.29, 1.82) is 0 Å². The van der Waals surface area contributed by atoms with E-state index in [1.54, 1.807) is 0 Å². The molecule has 0 aliphatic heterocycles. The molecule has 142 valence electrons. The minimum absolute atomic E-state index is 0.561. The van der Waals surface area contributed by atoms with Crippen LogP contribution < -0.4 is 5.43 Å². The van der Waals surface area contributed by atoms with E-state index in [1.165, 1.54) is 16.5 Å². The van der Waals surface area contributed by atoms with E-state index in [9.17, 15) is 0 Å². The van der Waals surface area contributed by atoms with E-state index in [-0.39, 0.29) is 0 Å². The minimum Gasteiger partial charge on any atom is -0.361 e. The van der Waals surface area contributed by atoms with Crippen molar-refractivity contribution in [1.82, 2.24) is 10.4 Å². The highest BCUT2D eigenvalue weighted by molar-refractivity contribution is 5.81. The van der Waals surface area contributed by atoms with Gasteiger partial charge in [-0.1, -0.05) is 74.5 Å². The first-order valence-electron chi connectivity index (χ1n) is 9.59. The first kappa shape index (κ1) is 19.4. The van der Waals surface area contributed by atoms with Gasteiger partial charge in [0.2, 0.25) is 0 Å². The Morgan fingerprint density at radius 3 is 2.61 bits per heavy atom. The lowest BCUT2D eigenvalue weighted by atomic mass is 10.0. The Balaban J connectivity index is 1.63. The standard InChI is InChI=1S/C25H27N3/c1-19(2)22-12-8-20(9-13-22)6-4-5-7-24(28-26-3)15-11-21-10-14-23-16-17-27-25(23)18-21/h4,6-19,27-28H,3,5H2,1-2H3/b6-4+,15-11+,24-7-. The summed E-state index contributed by atoms with van der Waals surface area (Å²) in [4.78, 5) is 3.24. The summed E-state index contributed by atoms with van der Waals surface area (Å²) in [6.45, 7) is 7.95. The van der Waals surface area contributed by atoms with Gasteiger partial charge in [0.15, 0.2) is 0 Å². The molecule has 0 radical (unpaired) electrons. The highest BCUT2D eigenvalue weighted by Crippen LogP contribution is 2.17. The number of nitrogens with one attached hydrogen (secondary N) is 2. The Morgan fingerprint density at radius 1 is 1.07 bits per heavy atom. The molecular formula is C25H27N3. The number of rotatable bonds is 8. The molecule has 28 heavy (non-hydrogen) atoms. The second kappa shape index (κ2) is 9.56. The molecule has 0 spiro atoms. The number of aromatic amines is 1. The fraction of sp³-hybridized carbons (Fsp3) is 0.160. The van der Waals surface area contributed by atoms with E-state index in [2.05, 4.69) is 109 Å². The summed E-state index contributed by atoms with van der Waals surface area (Å²) in [5.41, 5.74) is 8.71. The van der Waals surface area contributed by atoms with E-state index < -0.39 is 0 Å². The largest absolute Gasteiger partial charge is 0.361 e. The third-order valence-corrected chi connectivity index (χ3v) is 4.63. The van der Waals surface area contributed by atoms with Crippen molar-refractivity contribution in [3.8, 4) is 0 Å². The summed E-state index contributed by atoms with van der Waals surface area (Å²) in [7, 11) is 0. The Hall–Kier alpha value is -3.33. The average molecular weight is 370 g/mol. The summed E-state index contributed by atoms with van der Waals surface area (Å²) in [5.74, 6) is 0.561. The third kappa shape index (κ3) is 5.34. The zero-order chi connectivity index (χ0) is 19.8. The molecule has 0 unspecified atom stereocenters. The molecule has 0 bridgehead atoms. The number of H-pyrrole nitrogens is 1. The molecule has 0 saturated carbocycles. The highest BCUT2D eigenvalue weighted by atomic mass is 15.3. The van der Waals surface area contributed by atoms with Gasteiger partial charge in [0.1, 0.15) is 0 Å². The Kier molecular flexibility index (Phi) is 6.64. The topological polar surface area (TPSA) is 40.2 Å². The predicted octanol–water partition coefficient (Wildman–Crippen LogP) is 6.50. The van der Waals surface area contributed by atoms with E-state index in [1.807, 2.05) is 12.3 Å². The predicted molar refractivity (Wildman–Crippen MR) is 122 cm³/mol. The molecule has 0 fully saturated rings. The summed E-state index contributed by atoms with van der Waals surface area (Å²) in [5, 5.41) is 5.02. The van der Waals surface area contributed by atoms with Crippen molar-refractivity contribution in [3.63, 3.8) is 0 Å². The van der Waals surface area contributed by atoms with Crippen molar-refractivity contribution < 1.29 is 0 Å². The van der Waals surface area contributed by atoms with Crippen LogP contribution in [0.2, 0.25) is 0 Å². The highest BCUT2D eigenvalue weighted by Gasteiger charge is 1.97. The monoisotopic (exact) mass is 369 g/mol. The molecule has 3 rings (SSSR count). The first-order chi connectivity index (χ1) is 13.7. The molecule has 1 aromatic heterocycles. The van der Waals surface area contributed by atoms with Crippen molar-refractivity contribution in [2.45, 2.75) is 26.2 Å². The van der Waals surface area contributed by atoms with Crippen LogP contribution in [0.15, 0.2) is 83.8 Å². The minimum atomic E-state index is 0.561. The number of hydrogen-bond donors (Lipinski definition) is 2. The number of allylic oxidation sites excluding steroid dienone is 3. The number of aromatic nitrogens is 1. The van der Waals surface area contributed by atoms with Crippen LogP contribution in [0.4, 0.5) is 0 Å². The molecule has 0 amide bonds. The second-order valence-corrected chi connectivity index (χ2v) is 7.05. The van der Waals surface area contributed by atoms with E-state index in [4.69, 9.17) is 0 Å². The summed E-state index contributed by atoms with van der Waals surface area (Å²) >= 11 is 0. The molecule has 2 N–H and O–H groups in total. The lowest BCUT2D eigenvalue weighted by Crippen LogP contribution is -2.01. The van der Waals surface area contributed by atoms with Crippen molar-refractivity contribution in [2.24, 2.45) is 5.10 Å². The van der Waals surface area contributed by atoms with E-state index in [0.717, 1.165) is 23.2 Å². The van der Waals surface area contributed by atoms with Gasteiger partial charge in [0.25, 0.3) is 0 Å². The zero-order valence-corrected chi connectivity index (χ0v) is 16.5. The lowest BCUT2D eigenvalue weighted by Gasteiger charge is -2.04. The maximum Gasteiger partial charge on any atom is 0.0525 e. The molecule has 2 aromatic carbocycles. The van der Waals surface area contributed by atoms with Gasteiger partial charge in [-0.05, 0) is 52.6 Å². The van der Waals surface area contributed by atoms with Crippen LogP contribution in [0.3, 0.4) is 0 Å². The Bertz CT molecular complexity index is 1000. The zero-order valence-electron chi connectivity index (χ0n) is 16.5. The van der Waals surface area contributed by atoms with Crippen molar-refractivity contribution in [3.05, 3.63) is 95.3 Å². The quantitative estimate of drug-likeness (QED) is 0.266. The number of nitrogens with zero attached hydrogens (tertiary/aromatic N) is 1. The molecule has 0 saturated heterocycles. The molecule has 0 aliphatic rings. The van der Waals surface area contributed by atoms with Crippen molar-refractivity contribution >= 4 is 29.8 Å². The SMILES string of the molecule is C=NNC(=C\C/C=C/c1ccc(C(C)C)cc1)/C=C/c1ccc2cc[nH]c2c1. The maximum atomic E-state index is 3.80. The third-order valence-electron chi connectivity index (χ3n) is 4.63. The van der Waals surface area contributed by atoms with E-state index >= 15 is 0 Å². The van der Waals surface area contributed by atoms with Gasteiger partial charge in [-0.2, -0.15) is 5.10 Å². The number of benzene rings is 2. The van der Waals surface area contributed by atoms with Gasteiger partial charge < -0.3 is 4.98 Å². The smallest absolute Gasteiger partial charge is 0.0525 e. The Labute approximate surface area is 167 Å². The summed E-state index contributed by atoms with van der Waals surface area (Å²) < 4.78 is 0. The van der Waals surface area contributed by atoms with E-state index in [0.29, 0.717) is 5.92 Å². The average Bonchev–Trinajstić information content (AvgIpc) is 3.17. The van der Waals surface area contributed by atoms with Crippen LogP contribution in [0.5, 0.6) is 0 Å². The molecular weight excluding hydrogens is 342 g/mol. The summed E-state index contributed by atoms with van der Waals surface area (Å²) in [6.07, 6.45) is 13.2. The lowest BCUT2D eigenvalue weighted by molar-refractivity contribution is 0.866. The van der Waals surface area contributed by atoms with Gasteiger partial charge in [0.05, 0.1) is 5.70 Å². The first-order valence-corrected chi connectivity index (χ1v) is 9.59. The number of hydrogen-bond acceptors (Lipinski definition) is 2. The fourth-order valence-corrected chi connectivity index (χ4v) is 2.99. The Morgan fingerprint density at radius 2 is 1.86 bits per heavy atom. The van der Waals surface area contributed by atoms with Gasteiger partial charge >= 0.3 is 0 Å².